The normalized spacial score (nSPS) is 18.4. The van der Waals surface area contributed by atoms with Gasteiger partial charge in [0.2, 0.25) is 0 Å². The maximum atomic E-state index is 12.4. The van der Waals surface area contributed by atoms with Crippen LogP contribution in [0, 0.1) is 11.3 Å². The average molecular weight is 393 g/mol. The van der Waals surface area contributed by atoms with Crippen molar-refractivity contribution in [2.45, 2.75) is 25.7 Å². The second-order valence-electron chi connectivity index (χ2n) is 7.49. The SMILES string of the molecule is CN1CCN(c2ccc(NC(=O)/C(O)=C/C=C/C#N)c(C3=CCCCC3)c2)CC1. The highest BCUT2D eigenvalue weighted by Crippen LogP contribution is 2.35. The summed E-state index contributed by atoms with van der Waals surface area (Å²) in [5.74, 6) is -1.01. The van der Waals surface area contributed by atoms with E-state index in [0.717, 1.165) is 56.7 Å². The Bertz CT molecular complexity index is 871. The van der Waals surface area contributed by atoms with E-state index < -0.39 is 11.7 Å². The van der Waals surface area contributed by atoms with Gasteiger partial charge in [0, 0.05) is 49.2 Å². The van der Waals surface area contributed by atoms with Gasteiger partial charge in [0.1, 0.15) is 0 Å². The molecule has 1 aromatic rings. The van der Waals surface area contributed by atoms with E-state index in [4.69, 9.17) is 5.26 Å². The van der Waals surface area contributed by atoms with Crippen molar-refractivity contribution in [2.24, 2.45) is 0 Å². The molecule has 6 heteroatoms. The number of rotatable bonds is 5. The van der Waals surface area contributed by atoms with E-state index in [2.05, 4.69) is 34.3 Å². The minimum Gasteiger partial charge on any atom is -0.503 e. The van der Waals surface area contributed by atoms with Gasteiger partial charge in [0.25, 0.3) is 5.91 Å². The van der Waals surface area contributed by atoms with Crippen LogP contribution in [0.25, 0.3) is 5.57 Å². The standard InChI is InChI=1S/C23H28N4O2/c1-26-13-15-27(16-14-26)19-10-11-21(20(17-19)18-7-3-2-4-8-18)25-23(29)22(28)9-5-6-12-24/h5-7,9-11,17,28H,2-4,8,13-16H2,1H3,(H,25,29)/b6-5+,22-9-. The van der Waals surface area contributed by atoms with Crippen molar-refractivity contribution < 1.29 is 9.90 Å². The van der Waals surface area contributed by atoms with Crippen LogP contribution in [0.5, 0.6) is 0 Å². The molecule has 1 amide bonds. The number of hydrogen-bond donors (Lipinski definition) is 2. The number of carbonyl (C=O) groups excluding carboxylic acids is 1. The molecule has 1 aliphatic heterocycles. The van der Waals surface area contributed by atoms with Crippen molar-refractivity contribution in [1.29, 1.82) is 5.26 Å². The lowest BCUT2D eigenvalue weighted by Crippen LogP contribution is -2.44. The molecule has 0 aromatic heterocycles. The highest BCUT2D eigenvalue weighted by Gasteiger charge is 2.19. The van der Waals surface area contributed by atoms with Gasteiger partial charge in [-0.15, -0.1) is 0 Å². The van der Waals surface area contributed by atoms with Gasteiger partial charge in [-0.3, -0.25) is 4.79 Å². The van der Waals surface area contributed by atoms with Crippen LogP contribution in [-0.2, 0) is 4.79 Å². The number of benzene rings is 1. The number of piperazine rings is 1. The Morgan fingerprint density at radius 3 is 2.72 bits per heavy atom. The summed E-state index contributed by atoms with van der Waals surface area (Å²) < 4.78 is 0. The van der Waals surface area contributed by atoms with Crippen LogP contribution in [-0.4, -0.2) is 49.1 Å². The zero-order valence-corrected chi connectivity index (χ0v) is 16.9. The molecule has 1 fully saturated rings. The molecule has 0 bridgehead atoms. The fourth-order valence-electron chi connectivity index (χ4n) is 3.70. The molecule has 1 heterocycles. The number of anilines is 2. The zero-order chi connectivity index (χ0) is 20.6. The number of hydrogen-bond acceptors (Lipinski definition) is 5. The summed E-state index contributed by atoms with van der Waals surface area (Å²) >= 11 is 0. The molecular weight excluding hydrogens is 364 g/mol. The Morgan fingerprint density at radius 1 is 1.24 bits per heavy atom. The zero-order valence-electron chi connectivity index (χ0n) is 16.9. The van der Waals surface area contributed by atoms with Crippen molar-refractivity contribution in [3.05, 3.63) is 53.8 Å². The fraction of sp³-hybridized carbons (Fsp3) is 0.391. The molecule has 1 aliphatic carbocycles. The Kier molecular flexibility index (Phi) is 7.09. The first-order chi connectivity index (χ1) is 14.1. The largest absolute Gasteiger partial charge is 0.503 e. The predicted molar refractivity (Wildman–Crippen MR) is 117 cm³/mol. The number of amides is 1. The number of nitriles is 1. The molecule has 1 aromatic carbocycles. The maximum Gasteiger partial charge on any atom is 0.290 e. The smallest absolute Gasteiger partial charge is 0.290 e. The quantitative estimate of drug-likeness (QED) is 0.344. The van der Waals surface area contributed by atoms with Crippen LogP contribution in [0.4, 0.5) is 11.4 Å². The van der Waals surface area contributed by atoms with Crippen LogP contribution in [0.3, 0.4) is 0 Å². The highest BCUT2D eigenvalue weighted by atomic mass is 16.3. The third-order valence-electron chi connectivity index (χ3n) is 5.41. The highest BCUT2D eigenvalue weighted by molar-refractivity contribution is 6.04. The van der Waals surface area contributed by atoms with Crippen LogP contribution in [0.15, 0.2) is 48.3 Å². The molecular formula is C23H28N4O2. The number of carbonyl (C=O) groups is 1. The van der Waals surface area contributed by atoms with Gasteiger partial charge in [0.15, 0.2) is 5.76 Å². The van der Waals surface area contributed by atoms with Crippen molar-refractivity contribution >= 4 is 22.9 Å². The fourth-order valence-corrected chi connectivity index (χ4v) is 3.70. The number of aliphatic hydroxyl groups excluding tert-OH is 1. The third kappa shape index (κ3) is 5.49. The third-order valence-corrected chi connectivity index (χ3v) is 5.41. The lowest BCUT2D eigenvalue weighted by molar-refractivity contribution is -0.115. The maximum absolute atomic E-state index is 12.4. The van der Waals surface area contributed by atoms with Gasteiger partial charge in [-0.25, -0.2) is 0 Å². The van der Waals surface area contributed by atoms with Crippen LogP contribution in [0.2, 0.25) is 0 Å². The molecule has 2 N–H and O–H groups in total. The summed E-state index contributed by atoms with van der Waals surface area (Å²) in [6.45, 7) is 4.03. The van der Waals surface area contributed by atoms with Gasteiger partial charge in [-0.2, -0.15) is 5.26 Å². The molecule has 3 rings (SSSR count). The van der Waals surface area contributed by atoms with E-state index in [1.54, 1.807) is 0 Å². The lowest BCUT2D eigenvalue weighted by Gasteiger charge is -2.34. The summed E-state index contributed by atoms with van der Waals surface area (Å²) in [6, 6.07) is 7.94. The van der Waals surface area contributed by atoms with Crippen molar-refractivity contribution in [1.82, 2.24) is 4.90 Å². The molecule has 0 saturated carbocycles. The van der Waals surface area contributed by atoms with Crippen LogP contribution < -0.4 is 10.2 Å². The molecule has 0 spiro atoms. The van der Waals surface area contributed by atoms with E-state index in [9.17, 15) is 9.90 Å². The number of likely N-dealkylation sites (N-methyl/N-ethyl adjacent to an activating group) is 1. The van der Waals surface area contributed by atoms with Gasteiger partial charge >= 0.3 is 0 Å². The van der Waals surface area contributed by atoms with Crippen molar-refractivity contribution in [3.8, 4) is 6.07 Å². The average Bonchev–Trinajstić information content (AvgIpc) is 2.75. The van der Waals surface area contributed by atoms with E-state index >= 15 is 0 Å². The Balaban J connectivity index is 1.86. The summed E-state index contributed by atoms with van der Waals surface area (Å²) in [5, 5.41) is 21.3. The van der Waals surface area contributed by atoms with Gasteiger partial charge in [-0.1, -0.05) is 6.08 Å². The Morgan fingerprint density at radius 2 is 2.03 bits per heavy atom. The van der Waals surface area contributed by atoms with E-state index in [1.165, 1.54) is 30.2 Å². The van der Waals surface area contributed by atoms with Gasteiger partial charge in [-0.05, 0) is 68.7 Å². The van der Waals surface area contributed by atoms with Gasteiger partial charge < -0.3 is 20.2 Å². The molecule has 152 valence electrons. The number of aliphatic hydroxyl groups is 1. The molecule has 2 aliphatic rings. The summed E-state index contributed by atoms with van der Waals surface area (Å²) in [5.41, 5.74) is 4.13. The Labute approximate surface area is 172 Å². The summed E-state index contributed by atoms with van der Waals surface area (Å²) in [7, 11) is 2.14. The number of nitrogens with zero attached hydrogens (tertiary/aromatic N) is 3. The topological polar surface area (TPSA) is 79.6 Å². The second kappa shape index (κ2) is 9.94. The van der Waals surface area contributed by atoms with E-state index in [1.807, 2.05) is 18.2 Å². The van der Waals surface area contributed by atoms with Crippen LogP contribution >= 0.6 is 0 Å². The van der Waals surface area contributed by atoms with E-state index in [0.29, 0.717) is 5.69 Å². The van der Waals surface area contributed by atoms with Crippen molar-refractivity contribution in [3.63, 3.8) is 0 Å². The molecule has 0 radical (unpaired) electrons. The molecule has 0 unspecified atom stereocenters. The first kappa shape index (κ1) is 20.7. The number of nitrogens with one attached hydrogen (secondary N) is 1. The summed E-state index contributed by atoms with van der Waals surface area (Å²) in [4.78, 5) is 17.1. The predicted octanol–water partition coefficient (Wildman–Crippen LogP) is 3.86. The second-order valence-corrected chi connectivity index (χ2v) is 7.49. The van der Waals surface area contributed by atoms with Crippen LogP contribution in [0.1, 0.15) is 31.2 Å². The minimum atomic E-state index is -0.586. The summed E-state index contributed by atoms with van der Waals surface area (Å²) in [6.07, 6.45) is 10.4. The first-order valence-corrected chi connectivity index (χ1v) is 10.1. The number of allylic oxidation sites excluding steroid dienone is 5. The molecule has 6 nitrogen and oxygen atoms in total. The first-order valence-electron chi connectivity index (χ1n) is 10.1. The van der Waals surface area contributed by atoms with E-state index in [-0.39, 0.29) is 0 Å². The van der Waals surface area contributed by atoms with Gasteiger partial charge in [0.05, 0.1) is 6.07 Å². The minimum absolute atomic E-state index is 0.428. The molecule has 29 heavy (non-hydrogen) atoms. The van der Waals surface area contributed by atoms with Crippen molar-refractivity contribution in [2.75, 3.05) is 43.4 Å². The molecule has 0 atom stereocenters. The lowest BCUT2D eigenvalue weighted by atomic mass is 9.92. The monoisotopic (exact) mass is 392 g/mol. The Hall–Kier alpha value is -3.04. The molecule has 1 saturated heterocycles.